The fourth-order valence-electron chi connectivity index (χ4n) is 2.90. The Morgan fingerprint density at radius 2 is 2.00 bits per heavy atom. The lowest BCUT2D eigenvalue weighted by Gasteiger charge is -2.48. The predicted molar refractivity (Wildman–Crippen MR) is 72.9 cm³/mol. The third kappa shape index (κ3) is 2.70. The van der Waals surface area contributed by atoms with Crippen molar-refractivity contribution in [3.8, 4) is 0 Å². The van der Waals surface area contributed by atoms with Crippen LogP contribution in [0.1, 0.15) is 25.8 Å². The van der Waals surface area contributed by atoms with Crippen LogP contribution in [0.25, 0.3) is 0 Å². The molecule has 94 valence electrons. The lowest BCUT2D eigenvalue weighted by atomic mass is 9.78. The van der Waals surface area contributed by atoms with Gasteiger partial charge in [-0.2, -0.15) is 0 Å². The van der Waals surface area contributed by atoms with E-state index in [2.05, 4.69) is 56.1 Å². The summed E-state index contributed by atoms with van der Waals surface area (Å²) in [6, 6.07) is 11.1. The lowest BCUT2D eigenvalue weighted by molar-refractivity contribution is 0.0488. The van der Waals surface area contributed by atoms with Gasteiger partial charge in [-0.3, -0.25) is 0 Å². The molecule has 0 radical (unpaired) electrons. The van der Waals surface area contributed by atoms with Crippen LogP contribution in [0.2, 0.25) is 0 Å². The van der Waals surface area contributed by atoms with E-state index in [1.165, 1.54) is 5.56 Å². The van der Waals surface area contributed by atoms with Gasteiger partial charge in [-0.05, 0) is 38.3 Å². The molecule has 2 rings (SSSR count). The summed E-state index contributed by atoms with van der Waals surface area (Å²) in [6.45, 7) is 5.69. The summed E-state index contributed by atoms with van der Waals surface area (Å²) in [5.74, 6) is 0.601. The minimum Gasteiger partial charge on any atom is -0.327 e. The van der Waals surface area contributed by atoms with Crippen molar-refractivity contribution < 1.29 is 0 Å². The maximum atomic E-state index is 6.24. The van der Waals surface area contributed by atoms with Crippen LogP contribution in [0.4, 0.5) is 0 Å². The predicted octanol–water partition coefficient (Wildman–Crippen LogP) is 2.29. The number of nitrogens with two attached hydrogens (primary N) is 1. The maximum Gasteiger partial charge on any atom is 0.0233 e. The van der Waals surface area contributed by atoms with E-state index in [-0.39, 0.29) is 5.54 Å². The van der Waals surface area contributed by atoms with E-state index in [1.54, 1.807) is 0 Å². The Morgan fingerprint density at radius 3 is 2.65 bits per heavy atom. The van der Waals surface area contributed by atoms with Crippen LogP contribution in [0.5, 0.6) is 0 Å². The normalized spacial score (nSPS) is 34.8. The molecule has 2 N–H and O–H groups in total. The van der Waals surface area contributed by atoms with Crippen LogP contribution in [-0.4, -0.2) is 30.1 Å². The first-order chi connectivity index (χ1) is 8.01. The zero-order chi connectivity index (χ0) is 12.5. The van der Waals surface area contributed by atoms with Crippen molar-refractivity contribution >= 4 is 0 Å². The summed E-state index contributed by atoms with van der Waals surface area (Å²) in [5.41, 5.74) is 7.85. The molecule has 1 fully saturated rings. The highest BCUT2D eigenvalue weighted by Gasteiger charge is 2.38. The number of piperidine rings is 1. The second-order valence-corrected chi connectivity index (χ2v) is 5.89. The highest BCUT2D eigenvalue weighted by Crippen LogP contribution is 2.31. The van der Waals surface area contributed by atoms with Gasteiger partial charge in [-0.15, -0.1) is 0 Å². The molecule has 3 atom stereocenters. The molecule has 1 aliphatic rings. The van der Waals surface area contributed by atoms with E-state index < -0.39 is 0 Å². The summed E-state index contributed by atoms with van der Waals surface area (Å²) in [4.78, 5) is 2.48. The zero-order valence-corrected chi connectivity index (χ0v) is 11.2. The van der Waals surface area contributed by atoms with Gasteiger partial charge in [0.25, 0.3) is 0 Å². The maximum absolute atomic E-state index is 6.24. The van der Waals surface area contributed by atoms with Crippen molar-refractivity contribution in [3.05, 3.63) is 35.9 Å². The molecule has 1 aromatic rings. The molecule has 17 heavy (non-hydrogen) atoms. The van der Waals surface area contributed by atoms with Crippen LogP contribution in [0, 0.1) is 5.92 Å². The van der Waals surface area contributed by atoms with Gasteiger partial charge in [0.2, 0.25) is 0 Å². The number of hydrogen-bond donors (Lipinski definition) is 1. The first-order valence-electron chi connectivity index (χ1n) is 6.52. The molecule has 2 unspecified atom stereocenters. The van der Waals surface area contributed by atoms with E-state index in [9.17, 15) is 0 Å². The number of likely N-dealkylation sites (tertiary alicyclic amines) is 1. The highest BCUT2D eigenvalue weighted by atomic mass is 15.2. The van der Waals surface area contributed by atoms with E-state index in [1.807, 2.05) is 0 Å². The molecule has 0 aromatic heterocycles. The number of nitrogens with zero attached hydrogens (tertiary/aromatic N) is 1. The highest BCUT2D eigenvalue weighted by molar-refractivity contribution is 5.18. The van der Waals surface area contributed by atoms with Gasteiger partial charge in [0.15, 0.2) is 0 Å². The number of likely N-dealkylation sites (N-methyl/N-ethyl adjacent to an activating group) is 1. The molecule has 0 saturated carbocycles. The fraction of sp³-hybridized carbons (Fsp3) is 0.600. The fourth-order valence-corrected chi connectivity index (χ4v) is 2.90. The van der Waals surface area contributed by atoms with Crippen LogP contribution < -0.4 is 5.73 Å². The van der Waals surface area contributed by atoms with Gasteiger partial charge in [0, 0.05) is 18.1 Å². The monoisotopic (exact) mass is 232 g/mol. The molecule has 0 bridgehead atoms. The molecule has 1 heterocycles. The van der Waals surface area contributed by atoms with E-state index in [4.69, 9.17) is 5.73 Å². The van der Waals surface area contributed by atoms with Gasteiger partial charge in [-0.1, -0.05) is 37.3 Å². The first-order valence-corrected chi connectivity index (χ1v) is 6.52. The van der Waals surface area contributed by atoms with E-state index in [0.29, 0.717) is 12.0 Å². The first kappa shape index (κ1) is 12.6. The summed E-state index contributed by atoms with van der Waals surface area (Å²) in [5, 5.41) is 0. The Bertz CT molecular complexity index is 362. The number of benzene rings is 1. The summed E-state index contributed by atoms with van der Waals surface area (Å²) >= 11 is 0. The van der Waals surface area contributed by atoms with Crippen molar-refractivity contribution in [1.29, 1.82) is 0 Å². The average molecular weight is 232 g/mol. The quantitative estimate of drug-likeness (QED) is 0.847. The third-order valence-corrected chi connectivity index (χ3v) is 4.32. The van der Waals surface area contributed by atoms with Crippen molar-refractivity contribution in [3.63, 3.8) is 0 Å². The Kier molecular flexibility index (Phi) is 3.55. The Labute approximate surface area is 105 Å². The summed E-state index contributed by atoms with van der Waals surface area (Å²) < 4.78 is 0. The molecule has 0 amide bonds. The van der Waals surface area contributed by atoms with Gasteiger partial charge in [0.1, 0.15) is 0 Å². The van der Waals surface area contributed by atoms with Gasteiger partial charge in [-0.25, -0.2) is 0 Å². The smallest absolute Gasteiger partial charge is 0.0233 e. The summed E-state index contributed by atoms with van der Waals surface area (Å²) in [6.07, 6.45) is 2.17. The average Bonchev–Trinajstić information content (AvgIpc) is 2.28. The molecule has 1 saturated heterocycles. The zero-order valence-electron chi connectivity index (χ0n) is 11.2. The van der Waals surface area contributed by atoms with Gasteiger partial charge < -0.3 is 10.6 Å². The van der Waals surface area contributed by atoms with E-state index >= 15 is 0 Å². The minimum atomic E-state index is 0.202. The van der Waals surface area contributed by atoms with Gasteiger partial charge in [0.05, 0.1) is 0 Å². The van der Waals surface area contributed by atoms with Crippen molar-refractivity contribution in [2.75, 3.05) is 13.6 Å². The van der Waals surface area contributed by atoms with Crippen molar-refractivity contribution in [2.24, 2.45) is 11.7 Å². The second-order valence-electron chi connectivity index (χ2n) is 5.89. The molecule has 2 heteroatoms. The lowest BCUT2D eigenvalue weighted by Crippen LogP contribution is -2.58. The van der Waals surface area contributed by atoms with Crippen LogP contribution >= 0.6 is 0 Å². The topological polar surface area (TPSA) is 29.3 Å². The SMILES string of the molecule is CC1CN(C)[C@](C)(Cc2ccccc2)CC1N. The Hall–Kier alpha value is -0.860. The van der Waals surface area contributed by atoms with Gasteiger partial charge >= 0.3 is 0 Å². The number of rotatable bonds is 2. The molecule has 2 nitrogen and oxygen atoms in total. The van der Waals surface area contributed by atoms with Crippen molar-refractivity contribution in [2.45, 2.75) is 38.3 Å². The van der Waals surface area contributed by atoms with E-state index in [0.717, 1.165) is 19.4 Å². The molecule has 0 aliphatic carbocycles. The second kappa shape index (κ2) is 4.79. The molecule has 1 aliphatic heterocycles. The van der Waals surface area contributed by atoms with Crippen LogP contribution in [-0.2, 0) is 6.42 Å². The minimum absolute atomic E-state index is 0.202. The van der Waals surface area contributed by atoms with Crippen molar-refractivity contribution in [1.82, 2.24) is 4.90 Å². The molecule has 0 spiro atoms. The standard InChI is InChI=1S/C15H24N2/c1-12-11-17(3)15(2,10-14(12)16)9-13-7-5-4-6-8-13/h4-8,12,14H,9-11,16H2,1-3H3/t12?,14?,15-/m1/s1. The van der Waals surface area contributed by atoms with Crippen LogP contribution in [0.3, 0.4) is 0 Å². The Balaban J connectivity index is 2.13. The number of hydrogen-bond acceptors (Lipinski definition) is 2. The largest absolute Gasteiger partial charge is 0.327 e. The summed E-state index contributed by atoms with van der Waals surface area (Å²) in [7, 11) is 2.23. The van der Waals surface area contributed by atoms with Crippen LogP contribution in [0.15, 0.2) is 30.3 Å². The molecular weight excluding hydrogens is 208 g/mol. The third-order valence-electron chi connectivity index (χ3n) is 4.32. The Morgan fingerprint density at radius 1 is 1.35 bits per heavy atom. The molecular formula is C15H24N2. The molecule has 1 aromatic carbocycles.